The first kappa shape index (κ1) is 19.7. The molecule has 2 N–H and O–H groups in total. The summed E-state index contributed by atoms with van der Waals surface area (Å²) in [6.45, 7) is 3.24. The number of phenolic OH excluding ortho intramolecular Hbond substituents is 1. The zero-order valence-electron chi connectivity index (χ0n) is 15.4. The fourth-order valence-electron chi connectivity index (χ4n) is 4.36. The highest BCUT2D eigenvalue weighted by Crippen LogP contribution is 2.34. The Morgan fingerprint density at radius 2 is 1.81 bits per heavy atom. The van der Waals surface area contributed by atoms with Gasteiger partial charge in [0, 0.05) is 25.5 Å². The minimum Gasteiger partial charge on any atom is -0.508 e. The lowest BCUT2D eigenvalue weighted by molar-refractivity contribution is -0.144. The summed E-state index contributed by atoms with van der Waals surface area (Å²) in [7, 11) is 0. The van der Waals surface area contributed by atoms with Crippen LogP contribution in [0.3, 0.4) is 0 Å². The van der Waals surface area contributed by atoms with Crippen LogP contribution in [0.5, 0.6) is 5.75 Å². The monoisotopic (exact) mass is 390 g/mol. The molecule has 6 nitrogen and oxygen atoms in total. The Bertz CT molecular complexity index is 734. The summed E-state index contributed by atoms with van der Waals surface area (Å²) in [5, 5.41) is 17.2. The molecule has 2 saturated heterocycles. The molecule has 0 bridgehead atoms. The van der Waals surface area contributed by atoms with Crippen molar-refractivity contribution in [1.82, 2.24) is 20.0 Å². The first-order chi connectivity index (χ1) is 12.7. The van der Waals surface area contributed by atoms with Crippen LogP contribution in [0.15, 0.2) is 42.7 Å². The number of nitrogens with one attached hydrogen (secondary N) is 1. The van der Waals surface area contributed by atoms with Crippen molar-refractivity contribution in [2.24, 2.45) is 0 Å². The van der Waals surface area contributed by atoms with Gasteiger partial charge < -0.3 is 15.3 Å². The molecule has 27 heavy (non-hydrogen) atoms. The molecule has 1 aromatic heterocycles. The average molecular weight is 391 g/mol. The Balaban J connectivity index is 0.00000210. The second-order valence-electron chi connectivity index (χ2n) is 7.39. The fourth-order valence-corrected chi connectivity index (χ4v) is 4.36. The van der Waals surface area contributed by atoms with E-state index in [9.17, 15) is 9.90 Å². The van der Waals surface area contributed by atoms with Gasteiger partial charge in [-0.25, -0.2) is 0 Å². The molecule has 0 unspecified atom stereocenters. The number of hydrogen-bond acceptors (Lipinski definition) is 4. The smallest absolute Gasteiger partial charge is 0.250 e. The van der Waals surface area contributed by atoms with Crippen molar-refractivity contribution >= 4 is 18.3 Å². The second kappa shape index (κ2) is 8.31. The van der Waals surface area contributed by atoms with Gasteiger partial charge in [-0.1, -0.05) is 12.1 Å². The number of amides is 1. The molecule has 7 heteroatoms. The van der Waals surface area contributed by atoms with E-state index >= 15 is 0 Å². The minimum atomic E-state index is -0.542. The van der Waals surface area contributed by atoms with Gasteiger partial charge in [0.25, 0.3) is 5.91 Å². The molecule has 2 aliphatic heterocycles. The molecule has 1 amide bonds. The van der Waals surface area contributed by atoms with Gasteiger partial charge >= 0.3 is 0 Å². The van der Waals surface area contributed by atoms with Crippen molar-refractivity contribution in [3.05, 3.63) is 48.3 Å². The fraction of sp³-hybridized carbons (Fsp3) is 0.500. The van der Waals surface area contributed by atoms with Crippen LogP contribution in [0.25, 0.3) is 0 Å². The van der Waals surface area contributed by atoms with Crippen LogP contribution in [0.2, 0.25) is 0 Å². The molecule has 0 spiro atoms. The van der Waals surface area contributed by atoms with Gasteiger partial charge in [-0.05, 0) is 68.5 Å². The summed E-state index contributed by atoms with van der Waals surface area (Å²) in [5.74, 6) is 0.966. The van der Waals surface area contributed by atoms with Crippen LogP contribution in [-0.2, 0) is 10.3 Å². The van der Waals surface area contributed by atoms with Gasteiger partial charge in [0.2, 0.25) is 0 Å². The van der Waals surface area contributed by atoms with E-state index in [1.807, 2.05) is 34.0 Å². The summed E-state index contributed by atoms with van der Waals surface area (Å²) in [6.07, 6.45) is 7.17. The predicted molar refractivity (Wildman–Crippen MR) is 106 cm³/mol. The van der Waals surface area contributed by atoms with Crippen LogP contribution in [0.1, 0.15) is 37.2 Å². The van der Waals surface area contributed by atoms with Gasteiger partial charge in [-0.15, -0.1) is 12.4 Å². The molecule has 2 fully saturated rings. The van der Waals surface area contributed by atoms with Gasteiger partial charge in [-0.2, -0.15) is 5.10 Å². The standard InChI is InChI=1S/C20H26N4O2.ClH/c25-18-4-2-16(3-5-18)17-6-14-23(15-7-17)19(26)20(8-11-21-12-9-20)24-13-1-10-22-24;/h1-5,10,13,17,21,25H,6-9,11-12,14-15H2;1H. The lowest BCUT2D eigenvalue weighted by Crippen LogP contribution is -2.56. The van der Waals surface area contributed by atoms with E-state index in [0.717, 1.165) is 51.9 Å². The molecule has 4 rings (SSSR count). The van der Waals surface area contributed by atoms with Gasteiger partial charge in [-0.3, -0.25) is 9.48 Å². The van der Waals surface area contributed by atoms with Crippen LogP contribution in [0, 0.1) is 0 Å². The molecule has 2 aromatic rings. The average Bonchev–Trinajstić information content (AvgIpc) is 3.24. The third kappa shape index (κ3) is 3.82. The zero-order valence-corrected chi connectivity index (χ0v) is 16.2. The highest BCUT2D eigenvalue weighted by molar-refractivity contribution is 5.85. The first-order valence-electron chi connectivity index (χ1n) is 9.48. The molecule has 0 atom stereocenters. The number of carbonyl (C=O) groups excluding carboxylic acids is 1. The number of aromatic nitrogens is 2. The van der Waals surface area contributed by atoms with E-state index in [0.29, 0.717) is 11.7 Å². The summed E-state index contributed by atoms with van der Waals surface area (Å²) >= 11 is 0. The van der Waals surface area contributed by atoms with Crippen molar-refractivity contribution < 1.29 is 9.90 Å². The number of hydrogen-bond donors (Lipinski definition) is 2. The Morgan fingerprint density at radius 1 is 1.15 bits per heavy atom. The number of nitrogens with zero attached hydrogens (tertiary/aromatic N) is 3. The van der Waals surface area contributed by atoms with Crippen molar-refractivity contribution in [2.45, 2.75) is 37.1 Å². The third-order valence-electron chi connectivity index (χ3n) is 5.92. The molecule has 1 aromatic carbocycles. The molecule has 0 saturated carbocycles. The quantitative estimate of drug-likeness (QED) is 0.844. The molecule has 2 aliphatic rings. The Morgan fingerprint density at radius 3 is 2.41 bits per heavy atom. The molecular formula is C20H27ClN4O2. The maximum absolute atomic E-state index is 13.5. The number of piperidine rings is 2. The van der Waals surface area contributed by atoms with Crippen molar-refractivity contribution in [3.8, 4) is 5.75 Å². The number of benzene rings is 1. The van der Waals surface area contributed by atoms with E-state index in [2.05, 4.69) is 10.4 Å². The van der Waals surface area contributed by atoms with Crippen molar-refractivity contribution in [3.63, 3.8) is 0 Å². The Hall–Kier alpha value is -2.05. The van der Waals surface area contributed by atoms with E-state index < -0.39 is 5.54 Å². The van der Waals surface area contributed by atoms with Gasteiger partial charge in [0.1, 0.15) is 11.3 Å². The predicted octanol–water partition coefficient (Wildman–Crippen LogP) is 2.50. The number of halogens is 1. The van der Waals surface area contributed by atoms with E-state index in [4.69, 9.17) is 0 Å². The van der Waals surface area contributed by atoms with Crippen LogP contribution >= 0.6 is 12.4 Å². The van der Waals surface area contributed by atoms with Crippen LogP contribution in [0.4, 0.5) is 0 Å². The van der Waals surface area contributed by atoms with Crippen molar-refractivity contribution in [2.75, 3.05) is 26.2 Å². The number of likely N-dealkylation sites (tertiary alicyclic amines) is 1. The maximum Gasteiger partial charge on any atom is 0.250 e. The molecule has 146 valence electrons. The summed E-state index contributed by atoms with van der Waals surface area (Å²) < 4.78 is 1.88. The summed E-state index contributed by atoms with van der Waals surface area (Å²) in [5.41, 5.74) is 0.707. The minimum absolute atomic E-state index is 0. The second-order valence-corrected chi connectivity index (χ2v) is 7.39. The number of rotatable bonds is 3. The highest BCUT2D eigenvalue weighted by Gasteiger charge is 2.45. The maximum atomic E-state index is 13.5. The molecular weight excluding hydrogens is 364 g/mol. The van der Waals surface area contributed by atoms with Crippen LogP contribution < -0.4 is 5.32 Å². The molecule has 0 aliphatic carbocycles. The zero-order chi connectivity index (χ0) is 18.0. The largest absolute Gasteiger partial charge is 0.508 e. The van der Waals surface area contributed by atoms with Crippen LogP contribution in [-0.4, -0.2) is 51.9 Å². The third-order valence-corrected chi connectivity index (χ3v) is 5.92. The molecule has 3 heterocycles. The lowest BCUT2D eigenvalue weighted by Gasteiger charge is -2.42. The van der Waals surface area contributed by atoms with E-state index in [1.54, 1.807) is 18.3 Å². The summed E-state index contributed by atoms with van der Waals surface area (Å²) in [6, 6.07) is 9.38. The highest BCUT2D eigenvalue weighted by atomic mass is 35.5. The lowest BCUT2D eigenvalue weighted by atomic mass is 9.84. The summed E-state index contributed by atoms with van der Waals surface area (Å²) in [4.78, 5) is 15.5. The van der Waals surface area contributed by atoms with Gasteiger partial charge in [0.15, 0.2) is 0 Å². The number of aromatic hydroxyl groups is 1. The van der Waals surface area contributed by atoms with Gasteiger partial charge in [0.05, 0.1) is 0 Å². The Kier molecular flexibility index (Phi) is 6.07. The number of carbonyl (C=O) groups is 1. The number of phenols is 1. The van der Waals surface area contributed by atoms with Crippen molar-refractivity contribution in [1.29, 1.82) is 0 Å². The molecule has 0 radical (unpaired) electrons. The van der Waals surface area contributed by atoms with E-state index in [1.165, 1.54) is 5.56 Å². The topological polar surface area (TPSA) is 70.4 Å². The normalized spacial score (nSPS) is 20.1. The van der Waals surface area contributed by atoms with E-state index in [-0.39, 0.29) is 18.3 Å². The Labute approximate surface area is 166 Å². The first-order valence-corrected chi connectivity index (χ1v) is 9.48. The SMILES string of the molecule is Cl.O=C(N1CCC(c2ccc(O)cc2)CC1)C1(n2cccn2)CCNCC1.